The lowest BCUT2D eigenvalue weighted by Gasteiger charge is -2.05. The first-order chi connectivity index (χ1) is 6.66. The molecule has 2 nitrogen and oxygen atoms in total. The van der Waals surface area contributed by atoms with Gasteiger partial charge in [-0.25, -0.2) is 0 Å². The molecule has 0 atom stereocenters. The predicted molar refractivity (Wildman–Crippen MR) is 54.8 cm³/mol. The summed E-state index contributed by atoms with van der Waals surface area (Å²) in [6, 6.07) is 3.75. The van der Waals surface area contributed by atoms with Gasteiger partial charge in [0.15, 0.2) is 0 Å². The fraction of sp³-hybridized carbons (Fsp3) is 0.364. The van der Waals surface area contributed by atoms with E-state index in [4.69, 9.17) is 16.7 Å². The standard InChI is InChI=1S/C11H11ClO2/c12-10-5-7(6-11(13)14)4-8-2-1-3-9(8)10/h4-5H,1-3,6H2,(H,13,14). The molecule has 74 valence electrons. The summed E-state index contributed by atoms with van der Waals surface area (Å²) in [5.41, 5.74) is 3.25. The van der Waals surface area contributed by atoms with Crippen molar-refractivity contribution in [2.24, 2.45) is 0 Å². The number of aliphatic carboxylic acids is 1. The molecule has 1 aromatic rings. The third-order valence-corrected chi connectivity index (χ3v) is 2.91. The van der Waals surface area contributed by atoms with Crippen LogP contribution < -0.4 is 0 Å². The summed E-state index contributed by atoms with van der Waals surface area (Å²) in [7, 11) is 0. The summed E-state index contributed by atoms with van der Waals surface area (Å²) in [6.07, 6.45) is 3.25. The van der Waals surface area contributed by atoms with Gasteiger partial charge in [0, 0.05) is 5.02 Å². The number of fused-ring (bicyclic) bond motifs is 1. The van der Waals surface area contributed by atoms with Crippen molar-refractivity contribution < 1.29 is 9.90 Å². The lowest BCUT2D eigenvalue weighted by molar-refractivity contribution is -0.136. The number of benzene rings is 1. The molecule has 0 unspecified atom stereocenters. The van der Waals surface area contributed by atoms with Crippen LogP contribution >= 0.6 is 11.6 Å². The van der Waals surface area contributed by atoms with Crippen LogP contribution in [0.2, 0.25) is 5.02 Å². The molecule has 0 saturated carbocycles. The van der Waals surface area contributed by atoms with Crippen LogP contribution in [0.5, 0.6) is 0 Å². The van der Waals surface area contributed by atoms with E-state index in [0.29, 0.717) is 0 Å². The van der Waals surface area contributed by atoms with Crippen LogP contribution in [-0.4, -0.2) is 11.1 Å². The van der Waals surface area contributed by atoms with Crippen LogP contribution in [0, 0.1) is 0 Å². The second-order valence-corrected chi connectivity index (χ2v) is 4.05. The molecule has 0 amide bonds. The zero-order valence-electron chi connectivity index (χ0n) is 7.72. The van der Waals surface area contributed by atoms with E-state index < -0.39 is 5.97 Å². The Morgan fingerprint density at radius 3 is 2.93 bits per heavy atom. The Hall–Kier alpha value is -1.02. The molecule has 0 radical (unpaired) electrons. The zero-order chi connectivity index (χ0) is 10.1. The SMILES string of the molecule is O=C(O)Cc1cc(Cl)c2c(c1)CCC2. The number of halogens is 1. The first-order valence-electron chi connectivity index (χ1n) is 4.69. The Morgan fingerprint density at radius 1 is 1.43 bits per heavy atom. The number of rotatable bonds is 2. The number of carboxylic acids is 1. The first kappa shape index (κ1) is 9.53. The van der Waals surface area contributed by atoms with Crippen LogP contribution in [0.1, 0.15) is 23.1 Å². The topological polar surface area (TPSA) is 37.3 Å². The molecule has 14 heavy (non-hydrogen) atoms. The van der Waals surface area contributed by atoms with Gasteiger partial charge < -0.3 is 5.11 Å². The minimum absolute atomic E-state index is 0.0625. The van der Waals surface area contributed by atoms with Gasteiger partial charge in [-0.05, 0) is 42.0 Å². The Labute approximate surface area is 87.5 Å². The van der Waals surface area contributed by atoms with E-state index in [9.17, 15) is 4.79 Å². The minimum atomic E-state index is -0.806. The van der Waals surface area contributed by atoms with Gasteiger partial charge in [-0.2, -0.15) is 0 Å². The Bertz CT molecular complexity index is 385. The van der Waals surface area contributed by atoms with Crippen molar-refractivity contribution in [1.82, 2.24) is 0 Å². The zero-order valence-corrected chi connectivity index (χ0v) is 8.47. The van der Waals surface area contributed by atoms with E-state index in [-0.39, 0.29) is 6.42 Å². The summed E-state index contributed by atoms with van der Waals surface area (Å²) in [5, 5.41) is 9.40. The van der Waals surface area contributed by atoms with E-state index in [1.807, 2.05) is 6.07 Å². The van der Waals surface area contributed by atoms with Crippen molar-refractivity contribution >= 4 is 17.6 Å². The van der Waals surface area contributed by atoms with Gasteiger partial charge in [0.2, 0.25) is 0 Å². The van der Waals surface area contributed by atoms with Gasteiger partial charge in [0.05, 0.1) is 6.42 Å². The maximum Gasteiger partial charge on any atom is 0.307 e. The first-order valence-corrected chi connectivity index (χ1v) is 5.06. The molecule has 0 aromatic heterocycles. The van der Waals surface area contributed by atoms with Crippen LogP contribution in [0.15, 0.2) is 12.1 Å². The molecule has 1 aliphatic rings. The summed E-state index contributed by atoms with van der Waals surface area (Å²) < 4.78 is 0. The van der Waals surface area contributed by atoms with E-state index in [1.165, 1.54) is 11.1 Å². The minimum Gasteiger partial charge on any atom is -0.481 e. The maximum absolute atomic E-state index is 10.5. The molecule has 1 N–H and O–H groups in total. The Morgan fingerprint density at radius 2 is 2.21 bits per heavy atom. The molecule has 0 fully saturated rings. The fourth-order valence-corrected chi connectivity index (χ4v) is 2.35. The molecule has 0 spiro atoms. The molecular formula is C11H11ClO2. The van der Waals surface area contributed by atoms with Crippen molar-refractivity contribution in [1.29, 1.82) is 0 Å². The smallest absolute Gasteiger partial charge is 0.307 e. The highest BCUT2D eigenvalue weighted by atomic mass is 35.5. The van der Waals surface area contributed by atoms with Crippen LogP contribution in [0.3, 0.4) is 0 Å². The summed E-state index contributed by atoms with van der Waals surface area (Å²) in [4.78, 5) is 10.5. The van der Waals surface area contributed by atoms with Gasteiger partial charge in [0.1, 0.15) is 0 Å². The molecule has 0 aliphatic heterocycles. The highest BCUT2D eigenvalue weighted by molar-refractivity contribution is 6.31. The largest absolute Gasteiger partial charge is 0.481 e. The van der Waals surface area contributed by atoms with Crippen LogP contribution in [-0.2, 0) is 24.1 Å². The fourth-order valence-electron chi connectivity index (χ4n) is 1.99. The van der Waals surface area contributed by atoms with Crippen molar-refractivity contribution in [2.45, 2.75) is 25.7 Å². The van der Waals surface area contributed by atoms with E-state index >= 15 is 0 Å². The Balaban J connectivity index is 2.36. The average Bonchev–Trinajstić information content (AvgIpc) is 2.50. The molecule has 3 heteroatoms. The van der Waals surface area contributed by atoms with E-state index in [0.717, 1.165) is 29.8 Å². The highest BCUT2D eigenvalue weighted by Gasteiger charge is 2.15. The van der Waals surface area contributed by atoms with Gasteiger partial charge >= 0.3 is 5.97 Å². The summed E-state index contributed by atoms with van der Waals surface area (Å²) in [5.74, 6) is -0.806. The van der Waals surface area contributed by atoms with Crippen molar-refractivity contribution in [2.75, 3.05) is 0 Å². The van der Waals surface area contributed by atoms with E-state index in [1.54, 1.807) is 6.07 Å². The number of hydrogen-bond acceptors (Lipinski definition) is 1. The van der Waals surface area contributed by atoms with Crippen molar-refractivity contribution in [3.63, 3.8) is 0 Å². The molecule has 0 saturated heterocycles. The van der Waals surface area contributed by atoms with Crippen molar-refractivity contribution in [3.05, 3.63) is 33.8 Å². The lowest BCUT2D eigenvalue weighted by atomic mass is 10.0. The molecular weight excluding hydrogens is 200 g/mol. The molecule has 1 aromatic carbocycles. The second-order valence-electron chi connectivity index (χ2n) is 3.64. The van der Waals surface area contributed by atoms with Crippen molar-refractivity contribution in [3.8, 4) is 0 Å². The second kappa shape index (κ2) is 3.62. The van der Waals surface area contributed by atoms with Gasteiger partial charge in [-0.15, -0.1) is 0 Å². The quantitative estimate of drug-likeness (QED) is 0.814. The Kier molecular flexibility index (Phi) is 2.46. The average molecular weight is 211 g/mol. The third kappa shape index (κ3) is 1.75. The number of aryl methyl sites for hydroxylation is 1. The maximum atomic E-state index is 10.5. The van der Waals surface area contributed by atoms with Crippen LogP contribution in [0.4, 0.5) is 0 Å². The monoisotopic (exact) mass is 210 g/mol. The molecule has 0 bridgehead atoms. The van der Waals surface area contributed by atoms with Crippen LogP contribution in [0.25, 0.3) is 0 Å². The number of hydrogen-bond donors (Lipinski definition) is 1. The van der Waals surface area contributed by atoms with E-state index in [2.05, 4.69) is 0 Å². The highest BCUT2D eigenvalue weighted by Crippen LogP contribution is 2.30. The normalized spacial score (nSPS) is 14.1. The molecule has 0 heterocycles. The molecule has 1 aliphatic carbocycles. The van der Waals surface area contributed by atoms with Gasteiger partial charge in [-0.1, -0.05) is 17.7 Å². The van der Waals surface area contributed by atoms with Gasteiger partial charge in [0.25, 0.3) is 0 Å². The third-order valence-electron chi connectivity index (χ3n) is 2.58. The number of carbonyl (C=O) groups is 1. The van der Waals surface area contributed by atoms with Gasteiger partial charge in [-0.3, -0.25) is 4.79 Å². The summed E-state index contributed by atoms with van der Waals surface area (Å²) in [6.45, 7) is 0. The number of carboxylic acid groups (broad SMARTS) is 1. The molecule has 2 rings (SSSR count). The lowest BCUT2D eigenvalue weighted by Crippen LogP contribution is -2.01. The summed E-state index contributed by atoms with van der Waals surface area (Å²) >= 11 is 6.07. The predicted octanol–water partition coefficient (Wildman–Crippen LogP) is 2.46.